The fraction of sp³-hybridized carbons (Fsp3) is 0.158. The first-order valence-corrected chi connectivity index (χ1v) is 10.2. The van der Waals surface area contributed by atoms with Crippen LogP contribution in [0.2, 0.25) is 0 Å². The third-order valence-corrected chi connectivity index (χ3v) is 5.55. The zero-order valence-electron chi connectivity index (χ0n) is 15.3. The van der Waals surface area contributed by atoms with Crippen LogP contribution < -0.4 is 16.0 Å². The number of hydrogen-bond donors (Lipinski definition) is 3. The zero-order chi connectivity index (χ0) is 19.9. The summed E-state index contributed by atoms with van der Waals surface area (Å²) in [5.41, 5.74) is 2.25. The maximum atomic E-state index is 12.3. The molecule has 1 heterocycles. The van der Waals surface area contributed by atoms with Crippen LogP contribution in [0, 0.1) is 0 Å². The summed E-state index contributed by atoms with van der Waals surface area (Å²) in [6, 6.07) is 16.7. The maximum Gasteiger partial charge on any atom is 0.237 e. The van der Waals surface area contributed by atoms with E-state index >= 15 is 0 Å². The van der Waals surface area contributed by atoms with E-state index in [1.165, 1.54) is 30.0 Å². The second-order valence-electron chi connectivity index (χ2n) is 5.88. The lowest BCUT2D eigenvalue weighted by atomic mass is 10.3. The Morgan fingerprint density at radius 3 is 2.43 bits per heavy atom. The molecule has 0 fully saturated rings. The monoisotopic (exact) mass is 413 g/mol. The van der Waals surface area contributed by atoms with Gasteiger partial charge in [-0.15, -0.1) is 10.2 Å². The van der Waals surface area contributed by atoms with Crippen LogP contribution in [0.15, 0.2) is 58.9 Å². The van der Waals surface area contributed by atoms with Crippen LogP contribution in [0.1, 0.15) is 13.8 Å². The van der Waals surface area contributed by atoms with Gasteiger partial charge >= 0.3 is 0 Å². The van der Waals surface area contributed by atoms with Gasteiger partial charge in [-0.3, -0.25) is 9.59 Å². The SMILES string of the molecule is CC(=O)Nc1cccc(Nc2nnc(SC(C)C(=O)Nc3ccccc3)s2)c1. The van der Waals surface area contributed by atoms with E-state index in [4.69, 9.17) is 0 Å². The van der Waals surface area contributed by atoms with Crippen LogP contribution in [0.4, 0.5) is 22.2 Å². The normalized spacial score (nSPS) is 11.5. The van der Waals surface area contributed by atoms with E-state index in [1.54, 1.807) is 6.07 Å². The molecule has 3 N–H and O–H groups in total. The first kappa shape index (κ1) is 19.8. The summed E-state index contributed by atoms with van der Waals surface area (Å²) in [5.74, 6) is -0.224. The Hall–Kier alpha value is -2.91. The van der Waals surface area contributed by atoms with E-state index in [0.717, 1.165) is 11.4 Å². The minimum Gasteiger partial charge on any atom is -0.330 e. The van der Waals surface area contributed by atoms with Crippen molar-refractivity contribution in [3.8, 4) is 0 Å². The van der Waals surface area contributed by atoms with Gasteiger partial charge in [0.05, 0.1) is 5.25 Å². The van der Waals surface area contributed by atoms with Crippen molar-refractivity contribution in [2.24, 2.45) is 0 Å². The molecule has 9 heteroatoms. The molecule has 1 aromatic heterocycles. The number of carbonyl (C=O) groups excluding carboxylic acids is 2. The van der Waals surface area contributed by atoms with Gasteiger partial charge in [-0.1, -0.05) is 47.4 Å². The molecule has 0 aliphatic rings. The maximum absolute atomic E-state index is 12.3. The van der Waals surface area contributed by atoms with Crippen LogP contribution in [0.3, 0.4) is 0 Å². The number of nitrogens with one attached hydrogen (secondary N) is 3. The largest absolute Gasteiger partial charge is 0.330 e. The van der Waals surface area contributed by atoms with Crippen molar-refractivity contribution in [2.75, 3.05) is 16.0 Å². The van der Waals surface area contributed by atoms with Crippen molar-refractivity contribution >= 4 is 57.1 Å². The highest BCUT2D eigenvalue weighted by atomic mass is 32.2. The van der Waals surface area contributed by atoms with Gasteiger partial charge in [0.2, 0.25) is 16.9 Å². The number of anilines is 4. The van der Waals surface area contributed by atoms with Crippen molar-refractivity contribution in [3.05, 3.63) is 54.6 Å². The average Bonchev–Trinajstić information content (AvgIpc) is 3.09. The third-order valence-electron chi connectivity index (χ3n) is 3.53. The summed E-state index contributed by atoms with van der Waals surface area (Å²) in [6.07, 6.45) is 0. The van der Waals surface area contributed by atoms with Crippen molar-refractivity contribution in [1.82, 2.24) is 10.2 Å². The molecule has 0 saturated heterocycles. The lowest BCUT2D eigenvalue weighted by Gasteiger charge is -2.09. The van der Waals surface area contributed by atoms with Crippen LogP contribution >= 0.6 is 23.1 Å². The summed E-state index contributed by atoms with van der Waals surface area (Å²) in [6.45, 7) is 3.29. The summed E-state index contributed by atoms with van der Waals surface area (Å²) < 4.78 is 0.691. The Labute approximate surface area is 171 Å². The first-order valence-electron chi connectivity index (χ1n) is 8.50. The van der Waals surface area contributed by atoms with Crippen LogP contribution in [-0.2, 0) is 9.59 Å². The van der Waals surface area contributed by atoms with Gasteiger partial charge in [-0.25, -0.2) is 0 Å². The fourth-order valence-corrected chi connectivity index (χ4v) is 4.20. The fourth-order valence-electron chi connectivity index (χ4n) is 2.28. The molecule has 2 amide bonds. The quantitative estimate of drug-likeness (QED) is 0.498. The Morgan fingerprint density at radius 2 is 1.68 bits per heavy atom. The number of amides is 2. The molecule has 1 atom stereocenters. The van der Waals surface area contributed by atoms with Crippen LogP contribution in [-0.4, -0.2) is 27.3 Å². The zero-order valence-corrected chi connectivity index (χ0v) is 16.9. The summed E-state index contributed by atoms with van der Waals surface area (Å²) in [5, 5.41) is 17.3. The van der Waals surface area contributed by atoms with E-state index in [9.17, 15) is 9.59 Å². The van der Waals surface area contributed by atoms with E-state index in [1.807, 2.05) is 55.5 Å². The van der Waals surface area contributed by atoms with Crippen molar-refractivity contribution in [1.29, 1.82) is 0 Å². The molecule has 0 saturated carbocycles. The topological polar surface area (TPSA) is 96.0 Å². The second-order valence-corrected chi connectivity index (χ2v) is 8.44. The molecule has 3 aromatic rings. The molecule has 7 nitrogen and oxygen atoms in total. The van der Waals surface area contributed by atoms with Crippen molar-refractivity contribution < 1.29 is 9.59 Å². The van der Waals surface area contributed by atoms with E-state index < -0.39 is 0 Å². The molecule has 0 radical (unpaired) electrons. The van der Waals surface area contributed by atoms with Gasteiger partial charge in [0, 0.05) is 24.0 Å². The minimum absolute atomic E-state index is 0.0936. The van der Waals surface area contributed by atoms with Gasteiger partial charge in [0.1, 0.15) is 0 Å². The molecule has 2 aromatic carbocycles. The highest BCUT2D eigenvalue weighted by Crippen LogP contribution is 2.31. The third kappa shape index (κ3) is 5.80. The van der Waals surface area contributed by atoms with Gasteiger partial charge in [0.15, 0.2) is 4.34 Å². The highest BCUT2D eigenvalue weighted by molar-refractivity contribution is 8.02. The number of nitrogens with zero attached hydrogens (tertiary/aromatic N) is 2. The summed E-state index contributed by atoms with van der Waals surface area (Å²) in [7, 11) is 0. The smallest absolute Gasteiger partial charge is 0.237 e. The van der Waals surface area contributed by atoms with E-state index in [2.05, 4.69) is 26.1 Å². The molecular weight excluding hydrogens is 394 g/mol. The van der Waals surface area contributed by atoms with Gasteiger partial charge in [-0.2, -0.15) is 0 Å². The molecule has 0 aliphatic heterocycles. The van der Waals surface area contributed by atoms with E-state index in [0.29, 0.717) is 15.2 Å². The molecular formula is C19H19N5O2S2. The predicted molar refractivity (Wildman–Crippen MR) is 114 cm³/mol. The number of hydrogen-bond acceptors (Lipinski definition) is 7. The Bertz CT molecular complexity index is 962. The molecule has 0 spiro atoms. The summed E-state index contributed by atoms with van der Waals surface area (Å²) >= 11 is 2.71. The Kier molecular flexibility index (Phi) is 6.62. The van der Waals surface area contributed by atoms with Gasteiger partial charge in [-0.05, 0) is 37.3 Å². The van der Waals surface area contributed by atoms with Crippen molar-refractivity contribution in [3.63, 3.8) is 0 Å². The number of carbonyl (C=O) groups is 2. The molecule has 144 valence electrons. The molecule has 28 heavy (non-hydrogen) atoms. The molecule has 0 bridgehead atoms. The molecule has 1 unspecified atom stereocenters. The lowest BCUT2D eigenvalue weighted by Crippen LogP contribution is -2.22. The second kappa shape index (κ2) is 9.34. The lowest BCUT2D eigenvalue weighted by molar-refractivity contribution is -0.115. The van der Waals surface area contributed by atoms with Crippen LogP contribution in [0.25, 0.3) is 0 Å². The minimum atomic E-state index is -0.316. The predicted octanol–water partition coefficient (Wildman–Crippen LogP) is 4.36. The standard InChI is InChI=1S/C19H19N5O2S2/c1-12(17(26)21-14-7-4-3-5-8-14)27-19-24-23-18(28-19)22-16-10-6-9-15(11-16)20-13(2)25/h3-12H,1-2H3,(H,20,25)(H,21,26)(H,22,23). The van der Waals surface area contributed by atoms with Crippen LogP contribution in [0.5, 0.6) is 0 Å². The number of thioether (sulfide) groups is 1. The number of para-hydroxylation sites is 1. The van der Waals surface area contributed by atoms with E-state index in [-0.39, 0.29) is 17.1 Å². The average molecular weight is 414 g/mol. The Balaban J connectivity index is 1.58. The Morgan fingerprint density at radius 1 is 0.964 bits per heavy atom. The number of benzene rings is 2. The van der Waals surface area contributed by atoms with Gasteiger partial charge < -0.3 is 16.0 Å². The van der Waals surface area contributed by atoms with Crippen molar-refractivity contribution in [2.45, 2.75) is 23.4 Å². The highest BCUT2D eigenvalue weighted by Gasteiger charge is 2.17. The first-order chi connectivity index (χ1) is 13.5. The number of rotatable bonds is 7. The summed E-state index contributed by atoms with van der Waals surface area (Å²) in [4.78, 5) is 23.5. The molecule has 3 rings (SSSR count). The number of aromatic nitrogens is 2. The van der Waals surface area contributed by atoms with Gasteiger partial charge in [0.25, 0.3) is 0 Å². The molecule has 0 aliphatic carbocycles.